The van der Waals surface area contributed by atoms with E-state index in [2.05, 4.69) is 10.3 Å². The smallest absolute Gasteiger partial charge is 0.548 e. The van der Waals surface area contributed by atoms with E-state index in [0.717, 1.165) is 5.01 Å². The fraction of sp³-hybridized carbons (Fsp3) is 0.222. The Bertz CT molecular complexity index is 370. The van der Waals surface area contributed by atoms with E-state index in [0.29, 0.717) is 5.69 Å². The van der Waals surface area contributed by atoms with Gasteiger partial charge in [-0.25, -0.2) is 4.39 Å². The average Bonchev–Trinajstić information content (AvgIpc) is 2.16. The van der Waals surface area contributed by atoms with Gasteiger partial charge in [-0.1, -0.05) is 5.22 Å². The third-order valence-electron chi connectivity index (χ3n) is 1.50. The van der Waals surface area contributed by atoms with Crippen molar-refractivity contribution in [3.8, 4) is 0 Å². The number of halogens is 1. The van der Waals surface area contributed by atoms with E-state index in [1.807, 2.05) is 0 Å². The summed E-state index contributed by atoms with van der Waals surface area (Å²) in [6.45, 7) is -0.343. The van der Waals surface area contributed by atoms with Gasteiger partial charge in [0.15, 0.2) is 0 Å². The number of hydrogen-bond acceptors (Lipinski definition) is 4. The molecule has 0 aromatic heterocycles. The van der Waals surface area contributed by atoms with Crippen LogP contribution >= 0.6 is 0 Å². The molecule has 0 aliphatic rings. The number of carboxylic acid groups (broad SMARTS) is 1. The van der Waals surface area contributed by atoms with Gasteiger partial charge in [0.05, 0.1) is 18.2 Å². The standard InChI is InChI=1S/C9H10FN3O2.Na/c1-13(6-9(14)15)12-11-8-4-2-7(10)3-5-8;/h2-5H,6H2,1H3,(H,14,15);/q;+1/p-1. The van der Waals surface area contributed by atoms with Crippen LogP contribution in [0.5, 0.6) is 0 Å². The number of carbonyl (C=O) groups excluding carboxylic acids is 1. The summed E-state index contributed by atoms with van der Waals surface area (Å²) in [5.41, 5.74) is 0.446. The van der Waals surface area contributed by atoms with Crippen LogP contribution in [0.2, 0.25) is 0 Å². The minimum atomic E-state index is -1.24. The molecular weight excluding hydrogens is 224 g/mol. The van der Waals surface area contributed by atoms with E-state index in [9.17, 15) is 14.3 Å². The molecule has 0 unspecified atom stereocenters. The maximum absolute atomic E-state index is 12.5. The van der Waals surface area contributed by atoms with Gasteiger partial charge in [0.2, 0.25) is 0 Å². The molecule has 7 heteroatoms. The second-order valence-electron chi connectivity index (χ2n) is 2.85. The first-order valence-electron chi connectivity index (χ1n) is 4.16. The summed E-state index contributed by atoms with van der Waals surface area (Å²) >= 11 is 0. The summed E-state index contributed by atoms with van der Waals surface area (Å²) in [6.07, 6.45) is 0. The molecule has 0 bridgehead atoms. The number of aliphatic carboxylic acids is 1. The zero-order valence-corrected chi connectivity index (χ0v) is 11.1. The fourth-order valence-electron chi connectivity index (χ4n) is 0.854. The van der Waals surface area contributed by atoms with Crippen LogP contribution in [0.25, 0.3) is 0 Å². The zero-order valence-electron chi connectivity index (χ0n) is 9.05. The molecule has 0 atom stereocenters. The van der Waals surface area contributed by atoms with Gasteiger partial charge >= 0.3 is 29.6 Å². The van der Waals surface area contributed by atoms with E-state index < -0.39 is 5.97 Å². The zero-order chi connectivity index (χ0) is 11.3. The molecule has 0 aliphatic carbocycles. The Kier molecular flexibility index (Phi) is 6.87. The Balaban J connectivity index is 0.00000225. The largest absolute Gasteiger partial charge is 1.00 e. The quantitative estimate of drug-likeness (QED) is 0.328. The van der Waals surface area contributed by atoms with Gasteiger partial charge in [-0.2, -0.15) is 0 Å². The molecule has 1 aromatic rings. The third kappa shape index (κ3) is 5.79. The number of benzene rings is 1. The Labute approximate surface area is 114 Å². The number of rotatable bonds is 4. The Morgan fingerprint density at radius 2 is 2.00 bits per heavy atom. The minimum absolute atomic E-state index is 0. The molecule has 5 nitrogen and oxygen atoms in total. The molecular formula is C9H9FN3NaO2. The summed E-state index contributed by atoms with van der Waals surface area (Å²) in [5, 5.41) is 18.5. The van der Waals surface area contributed by atoms with Gasteiger partial charge < -0.3 is 9.90 Å². The van der Waals surface area contributed by atoms with Crippen molar-refractivity contribution in [1.29, 1.82) is 0 Å². The summed E-state index contributed by atoms with van der Waals surface area (Å²) < 4.78 is 12.5. The molecule has 0 spiro atoms. The predicted molar refractivity (Wildman–Crippen MR) is 48.6 cm³/mol. The van der Waals surface area contributed by atoms with E-state index in [1.54, 1.807) is 0 Å². The fourth-order valence-corrected chi connectivity index (χ4v) is 0.854. The van der Waals surface area contributed by atoms with E-state index in [4.69, 9.17) is 0 Å². The number of likely N-dealkylation sites (N-methyl/N-ethyl adjacent to an activating group) is 1. The topological polar surface area (TPSA) is 68.1 Å². The van der Waals surface area contributed by atoms with Crippen molar-refractivity contribution in [2.24, 2.45) is 10.3 Å². The first kappa shape index (κ1) is 15.0. The predicted octanol–water partition coefficient (Wildman–Crippen LogP) is -2.49. The van der Waals surface area contributed by atoms with Crippen molar-refractivity contribution in [3.63, 3.8) is 0 Å². The summed E-state index contributed by atoms with van der Waals surface area (Å²) in [5.74, 6) is -1.60. The van der Waals surface area contributed by atoms with Crippen LogP contribution in [0.1, 0.15) is 0 Å². The van der Waals surface area contributed by atoms with Crippen molar-refractivity contribution in [2.45, 2.75) is 0 Å². The first-order valence-corrected chi connectivity index (χ1v) is 4.16. The maximum atomic E-state index is 12.5. The van der Waals surface area contributed by atoms with Crippen LogP contribution in [0.4, 0.5) is 10.1 Å². The molecule has 80 valence electrons. The molecule has 1 aromatic carbocycles. The molecule has 0 aliphatic heterocycles. The van der Waals surface area contributed by atoms with Gasteiger partial charge in [0.1, 0.15) is 5.82 Å². The monoisotopic (exact) mass is 233 g/mol. The number of carbonyl (C=O) groups is 1. The second kappa shape index (κ2) is 7.32. The molecule has 1 rings (SSSR count). The summed E-state index contributed by atoms with van der Waals surface area (Å²) in [7, 11) is 1.45. The Morgan fingerprint density at radius 1 is 1.44 bits per heavy atom. The molecule has 0 N–H and O–H groups in total. The van der Waals surface area contributed by atoms with Crippen LogP contribution in [0.3, 0.4) is 0 Å². The first-order chi connectivity index (χ1) is 7.08. The van der Waals surface area contributed by atoms with Gasteiger partial charge in [-0.05, 0) is 24.3 Å². The third-order valence-corrected chi connectivity index (χ3v) is 1.50. The van der Waals surface area contributed by atoms with Crippen LogP contribution in [0, 0.1) is 5.82 Å². The van der Waals surface area contributed by atoms with Crippen molar-refractivity contribution in [3.05, 3.63) is 30.1 Å². The van der Waals surface area contributed by atoms with E-state index in [-0.39, 0.29) is 41.9 Å². The molecule has 0 amide bonds. The van der Waals surface area contributed by atoms with E-state index >= 15 is 0 Å². The van der Waals surface area contributed by atoms with Crippen LogP contribution in [0.15, 0.2) is 34.6 Å². The van der Waals surface area contributed by atoms with Crippen molar-refractivity contribution < 1.29 is 43.8 Å². The van der Waals surface area contributed by atoms with Gasteiger partial charge in [0, 0.05) is 7.05 Å². The van der Waals surface area contributed by atoms with Crippen molar-refractivity contribution in [1.82, 2.24) is 5.01 Å². The van der Waals surface area contributed by atoms with Crippen molar-refractivity contribution >= 4 is 11.7 Å². The molecule has 0 fully saturated rings. The molecule has 0 saturated heterocycles. The SMILES string of the molecule is CN(CC(=O)[O-])N=Nc1ccc(F)cc1.[Na+]. The number of nitrogens with zero attached hydrogens (tertiary/aromatic N) is 3. The normalized spacial score (nSPS) is 9.88. The van der Waals surface area contributed by atoms with Gasteiger partial charge in [-0.3, -0.25) is 5.01 Å². The average molecular weight is 233 g/mol. The van der Waals surface area contributed by atoms with E-state index in [1.165, 1.54) is 31.3 Å². The van der Waals surface area contributed by atoms with Crippen LogP contribution < -0.4 is 34.7 Å². The minimum Gasteiger partial charge on any atom is -0.548 e. The van der Waals surface area contributed by atoms with Gasteiger partial charge in [-0.15, -0.1) is 5.11 Å². The number of carboxylic acids is 1. The molecule has 0 saturated carbocycles. The van der Waals surface area contributed by atoms with Gasteiger partial charge in [0.25, 0.3) is 0 Å². The summed E-state index contributed by atoms with van der Waals surface area (Å²) in [4.78, 5) is 10.2. The molecule has 0 heterocycles. The second-order valence-corrected chi connectivity index (χ2v) is 2.85. The molecule has 16 heavy (non-hydrogen) atoms. The maximum Gasteiger partial charge on any atom is 1.00 e. The number of hydrogen-bond donors (Lipinski definition) is 0. The van der Waals surface area contributed by atoms with Crippen LogP contribution in [-0.4, -0.2) is 24.6 Å². The van der Waals surface area contributed by atoms with Crippen molar-refractivity contribution in [2.75, 3.05) is 13.6 Å². The Morgan fingerprint density at radius 3 is 2.50 bits per heavy atom. The summed E-state index contributed by atoms with van der Waals surface area (Å²) in [6, 6.07) is 5.36. The Hall–Kier alpha value is -0.980. The van der Waals surface area contributed by atoms with Crippen LogP contribution in [-0.2, 0) is 4.79 Å². The molecule has 0 radical (unpaired) electrons.